The highest BCUT2D eigenvalue weighted by molar-refractivity contribution is 7.90. The summed E-state index contributed by atoms with van der Waals surface area (Å²) in [6, 6.07) is 28.8. The summed E-state index contributed by atoms with van der Waals surface area (Å²) in [5.41, 5.74) is 1.58. The van der Waals surface area contributed by atoms with Crippen molar-refractivity contribution in [2.75, 3.05) is 40.3 Å². The maximum atomic E-state index is 16.2. The number of fused-ring (bicyclic) bond motifs is 2. The fraction of sp³-hybridized carbons (Fsp3) is 0.400. The molecule has 0 aromatic heterocycles. The van der Waals surface area contributed by atoms with Gasteiger partial charge in [-0.25, -0.2) is 25.4 Å². The Kier molecular flexibility index (Phi) is 18.7. The lowest BCUT2D eigenvalue weighted by atomic mass is 9.98. The van der Waals surface area contributed by atoms with Crippen molar-refractivity contribution in [1.82, 2.24) is 50.3 Å². The van der Waals surface area contributed by atoms with Gasteiger partial charge in [0.05, 0.1) is 34.0 Å². The highest BCUT2D eigenvalue weighted by Crippen LogP contribution is 2.41. The van der Waals surface area contributed by atoms with Crippen molar-refractivity contribution in [3.8, 4) is 0 Å². The molecule has 82 heavy (non-hydrogen) atoms. The molecular formula is C60H72N10O10S2. The second-order valence-corrected chi connectivity index (χ2v) is 24.9. The molecule has 6 N–H and O–H groups in total. The fourth-order valence-electron chi connectivity index (χ4n) is 11.7. The summed E-state index contributed by atoms with van der Waals surface area (Å²) in [7, 11) is -7.15. The Hall–Kier alpha value is -7.34. The largest absolute Gasteiger partial charge is 0.342 e. The molecule has 6 unspecified atom stereocenters. The Morgan fingerprint density at radius 1 is 0.488 bits per heavy atom. The average molecular weight is 1160 g/mol. The normalized spacial score (nSPS) is 22.2. The van der Waals surface area contributed by atoms with Crippen molar-refractivity contribution in [1.29, 1.82) is 0 Å². The smallest absolute Gasteiger partial charge is 0.267 e. The molecule has 4 fully saturated rings. The van der Waals surface area contributed by atoms with E-state index >= 15 is 26.4 Å². The number of hydrogen-bond donors (Lipinski definition) is 6. The number of sulfonamides is 2. The van der Waals surface area contributed by atoms with E-state index in [4.69, 9.17) is 0 Å². The van der Waals surface area contributed by atoms with Gasteiger partial charge in [0.25, 0.3) is 31.9 Å². The SMILES string of the molecule is CN[C@@H](C)C(=O)NC1CNCCC2CCC(C(=O)N(C(c3ccccc3)c3ccccc3)S(=O)(=O)c3cccc(S(=O)(=O)N(C(=O)C4CCC5CCNCC(NC(=O)[C@H](C)NC)C(=O)N54)C(c4ccccc4)c4ccccc4)c3)N2C1=O. The summed E-state index contributed by atoms with van der Waals surface area (Å²) < 4.78 is 66.2. The van der Waals surface area contributed by atoms with Crippen LogP contribution in [-0.2, 0) is 48.8 Å². The summed E-state index contributed by atoms with van der Waals surface area (Å²) in [4.78, 5) is 89.8. The van der Waals surface area contributed by atoms with Crippen molar-refractivity contribution < 1.29 is 45.6 Å². The molecule has 0 bridgehead atoms. The molecule has 0 spiro atoms. The molecule has 4 aliphatic heterocycles. The standard InChI is InChI=1S/C60H72N10O10S2/c1-39(61-3)55(71)65-49-37-63-34-32-45-28-30-51(67(45)57(49)73)59(75)69(53(41-18-9-5-10-19-41)42-20-11-6-12-21-42)81(77,78)47-26-17-27-48(36-47)82(79,80)70(54(43-22-13-7-14-23-43)44-24-15-8-16-25-44)60(76)52-31-29-46-33-35-64-38-50(58(74)68(46)52)66-56(72)40(2)62-4/h5-27,36,39-40,45-46,49-54,61-64H,28-35,37-38H2,1-4H3,(H,65,71)(H,66,72)/t39-,40-,45?,46?,49?,50?,51?,52?/m0/s1. The number of nitrogens with zero attached hydrogens (tertiary/aromatic N) is 4. The predicted molar refractivity (Wildman–Crippen MR) is 307 cm³/mol. The van der Waals surface area contributed by atoms with Crippen LogP contribution in [0.15, 0.2) is 155 Å². The van der Waals surface area contributed by atoms with Gasteiger partial charge >= 0.3 is 0 Å². The molecule has 0 aliphatic carbocycles. The second kappa shape index (κ2) is 25.8. The van der Waals surface area contributed by atoms with Crippen LogP contribution in [0.2, 0.25) is 0 Å². The summed E-state index contributed by atoms with van der Waals surface area (Å²) in [5.74, 6) is -3.92. The van der Waals surface area contributed by atoms with Crippen LogP contribution in [0.25, 0.3) is 0 Å². The van der Waals surface area contributed by atoms with Crippen LogP contribution < -0.4 is 31.9 Å². The highest BCUT2D eigenvalue weighted by atomic mass is 32.2. The topological polar surface area (TPSA) is 256 Å². The minimum absolute atomic E-state index is 0.0577. The molecule has 6 amide bonds. The van der Waals surface area contributed by atoms with Crippen LogP contribution in [0, 0.1) is 0 Å². The number of carbonyl (C=O) groups is 6. The molecule has 4 heterocycles. The number of hydrogen-bond acceptors (Lipinski definition) is 14. The van der Waals surface area contributed by atoms with E-state index < -0.39 is 126 Å². The Morgan fingerprint density at radius 3 is 1.13 bits per heavy atom. The molecule has 0 radical (unpaired) electrons. The van der Waals surface area contributed by atoms with Crippen molar-refractivity contribution in [3.05, 3.63) is 168 Å². The number of benzene rings is 5. The van der Waals surface area contributed by atoms with Crippen LogP contribution in [0.1, 0.15) is 86.7 Å². The summed E-state index contributed by atoms with van der Waals surface area (Å²) in [5, 5.41) is 17.9. The molecule has 5 aromatic rings. The number of likely N-dealkylation sites (N-methyl/N-ethyl adjacent to an activating group) is 2. The molecule has 4 aliphatic rings. The maximum absolute atomic E-state index is 16.2. The number of nitrogens with one attached hydrogen (secondary N) is 6. The van der Waals surface area contributed by atoms with Gasteiger partial charge in [-0.05, 0) is 120 Å². The molecular weight excluding hydrogens is 1080 g/mol. The minimum atomic E-state index is -5.19. The third-order valence-electron chi connectivity index (χ3n) is 16.3. The van der Waals surface area contributed by atoms with E-state index in [2.05, 4.69) is 31.9 Å². The van der Waals surface area contributed by atoms with Crippen LogP contribution in [0.5, 0.6) is 0 Å². The van der Waals surface area contributed by atoms with E-state index in [0.29, 0.717) is 61.0 Å². The first-order valence-electron chi connectivity index (χ1n) is 27.9. The molecule has 22 heteroatoms. The Bertz CT molecular complexity index is 3030. The zero-order valence-corrected chi connectivity index (χ0v) is 48.0. The molecule has 0 saturated carbocycles. The Labute approximate surface area is 479 Å². The number of carbonyl (C=O) groups excluding carboxylic acids is 6. The van der Waals surface area contributed by atoms with Gasteiger partial charge in [-0.2, -0.15) is 0 Å². The summed E-state index contributed by atoms with van der Waals surface area (Å²) in [6.45, 7) is 4.29. The highest BCUT2D eigenvalue weighted by Gasteiger charge is 2.52. The molecule has 8 atom stereocenters. The van der Waals surface area contributed by atoms with Gasteiger partial charge in [0.1, 0.15) is 24.2 Å². The van der Waals surface area contributed by atoms with E-state index in [1.165, 1.54) is 28.0 Å². The second-order valence-electron chi connectivity index (χ2n) is 21.3. The molecule has 9 rings (SSSR count). The van der Waals surface area contributed by atoms with Gasteiger partial charge in [-0.3, -0.25) is 28.8 Å². The molecule has 5 aromatic carbocycles. The van der Waals surface area contributed by atoms with Crippen molar-refractivity contribution in [3.63, 3.8) is 0 Å². The van der Waals surface area contributed by atoms with Crippen LogP contribution in [0.3, 0.4) is 0 Å². The van der Waals surface area contributed by atoms with E-state index in [1.807, 2.05) is 0 Å². The van der Waals surface area contributed by atoms with E-state index in [9.17, 15) is 19.2 Å². The monoisotopic (exact) mass is 1160 g/mol. The zero-order valence-electron chi connectivity index (χ0n) is 46.4. The summed E-state index contributed by atoms with van der Waals surface area (Å²) >= 11 is 0. The first kappa shape index (κ1) is 59.3. The van der Waals surface area contributed by atoms with Crippen LogP contribution in [0.4, 0.5) is 0 Å². The van der Waals surface area contributed by atoms with E-state index in [0.717, 1.165) is 14.7 Å². The minimum Gasteiger partial charge on any atom is -0.342 e. The van der Waals surface area contributed by atoms with Gasteiger partial charge in [-0.1, -0.05) is 127 Å². The quantitative estimate of drug-likeness (QED) is 0.0738. The van der Waals surface area contributed by atoms with Crippen LogP contribution >= 0.6 is 0 Å². The van der Waals surface area contributed by atoms with Crippen LogP contribution in [-0.4, -0.2) is 159 Å². The molecule has 434 valence electrons. The number of rotatable bonds is 18. The molecule has 20 nitrogen and oxygen atoms in total. The fourth-order valence-corrected chi connectivity index (χ4v) is 15.0. The van der Waals surface area contributed by atoms with Gasteiger partial charge < -0.3 is 41.7 Å². The van der Waals surface area contributed by atoms with Gasteiger partial charge in [-0.15, -0.1) is 0 Å². The first-order valence-corrected chi connectivity index (χ1v) is 30.8. The maximum Gasteiger partial charge on any atom is 0.267 e. The third kappa shape index (κ3) is 12.2. The Balaban J connectivity index is 1.18. The van der Waals surface area contributed by atoms with Crippen molar-refractivity contribution >= 4 is 55.5 Å². The van der Waals surface area contributed by atoms with E-state index in [-0.39, 0.29) is 25.9 Å². The van der Waals surface area contributed by atoms with Gasteiger partial charge in [0.15, 0.2) is 0 Å². The Morgan fingerprint density at radius 2 is 0.817 bits per heavy atom. The summed E-state index contributed by atoms with van der Waals surface area (Å²) in [6.07, 6.45) is 1.74. The number of amides is 6. The molecule has 4 saturated heterocycles. The van der Waals surface area contributed by atoms with Crippen molar-refractivity contribution in [2.24, 2.45) is 0 Å². The lowest BCUT2D eigenvalue weighted by Gasteiger charge is -2.39. The third-order valence-corrected chi connectivity index (χ3v) is 19.8. The zero-order chi connectivity index (χ0) is 58.3. The van der Waals surface area contributed by atoms with Crippen molar-refractivity contribution in [2.45, 2.75) is 123 Å². The average Bonchev–Trinajstić information content (AvgIpc) is 3.72. The van der Waals surface area contributed by atoms with Gasteiger partial charge in [0.2, 0.25) is 23.6 Å². The first-order chi connectivity index (χ1) is 39.5. The lowest BCUT2D eigenvalue weighted by Crippen LogP contribution is -2.62. The van der Waals surface area contributed by atoms with E-state index in [1.54, 1.807) is 149 Å². The van der Waals surface area contributed by atoms with Gasteiger partial charge in [0, 0.05) is 25.2 Å². The lowest BCUT2D eigenvalue weighted by molar-refractivity contribution is -0.146. The predicted octanol–water partition coefficient (Wildman–Crippen LogP) is 3.19.